The number of halogens is 1. The smallest absolute Gasteiger partial charge is 0.340 e. The molecular formula is C23H32BrN3O3. The Morgan fingerprint density at radius 1 is 1.27 bits per heavy atom. The predicted octanol–water partition coefficient (Wildman–Crippen LogP) is 4.76. The Morgan fingerprint density at radius 3 is 2.73 bits per heavy atom. The second-order valence-electron chi connectivity index (χ2n) is 8.38. The van der Waals surface area contributed by atoms with Crippen molar-refractivity contribution in [2.75, 3.05) is 33.5 Å². The third-order valence-electron chi connectivity index (χ3n) is 6.11. The number of rotatable bonds is 7. The minimum Gasteiger partial charge on any atom is -0.477 e. The number of esters is 1. The molecule has 3 heterocycles. The summed E-state index contributed by atoms with van der Waals surface area (Å²) >= 11 is 3.73. The minimum atomic E-state index is -0.218. The molecule has 164 valence electrons. The van der Waals surface area contributed by atoms with E-state index < -0.39 is 0 Å². The molecule has 0 bridgehead atoms. The van der Waals surface area contributed by atoms with E-state index in [4.69, 9.17) is 9.47 Å². The van der Waals surface area contributed by atoms with Crippen molar-refractivity contribution in [2.24, 2.45) is 0 Å². The van der Waals surface area contributed by atoms with E-state index in [1.165, 1.54) is 12.8 Å². The maximum absolute atomic E-state index is 13.3. The lowest BCUT2D eigenvalue weighted by Gasteiger charge is -2.27. The predicted molar refractivity (Wildman–Crippen MR) is 122 cm³/mol. The van der Waals surface area contributed by atoms with Gasteiger partial charge in [-0.25, -0.2) is 4.79 Å². The van der Waals surface area contributed by atoms with Crippen molar-refractivity contribution in [1.82, 2.24) is 14.4 Å². The number of unbranched alkanes of at least 4 members (excludes halogenated alkanes) is 1. The Balaban J connectivity index is 1.98. The normalized spacial score (nSPS) is 17.3. The van der Waals surface area contributed by atoms with E-state index in [1.54, 1.807) is 0 Å². The first-order valence-electron chi connectivity index (χ1n) is 11.1. The molecule has 7 heteroatoms. The van der Waals surface area contributed by atoms with Crippen molar-refractivity contribution in [3.63, 3.8) is 0 Å². The molecule has 0 amide bonds. The van der Waals surface area contributed by atoms with Gasteiger partial charge in [-0.1, -0.05) is 13.3 Å². The number of carbonyl (C=O) groups is 1. The third kappa shape index (κ3) is 3.99. The maximum atomic E-state index is 13.3. The van der Waals surface area contributed by atoms with E-state index in [9.17, 15) is 4.79 Å². The fourth-order valence-electron chi connectivity index (χ4n) is 4.70. The Bertz CT molecular complexity index is 934. The van der Waals surface area contributed by atoms with Crippen molar-refractivity contribution < 1.29 is 14.3 Å². The summed E-state index contributed by atoms with van der Waals surface area (Å²) in [6.45, 7) is 9.61. The number of aromatic nitrogens is 1. The molecule has 0 aliphatic carbocycles. The van der Waals surface area contributed by atoms with Crippen molar-refractivity contribution >= 4 is 32.8 Å². The zero-order valence-corrected chi connectivity index (χ0v) is 19.9. The molecule has 0 radical (unpaired) electrons. The summed E-state index contributed by atoms with van der Waals surface area (Å²) in [6.07, 6.45) is 4.63. The minimum absolute atomic E-state index is 0.218. The molecule has 0 saturated carbocycles. The van der Waals surface area contributed by atoms with Gasteiger partial charge in [0.05, 0.1) is 22.2 Å². The van der Waals surface area contributed by atoms with Crippen molar-refractivity contribution in [1.29, 1.82) is 0 Å². The molecule has 1 aromatic carbocycles. The number of ether oxygens (including phenoxy) is 2. The third-order valence-corrected chi connectivity index (χ3v) is 6.70. The lowest BCUT2D eigenvalue weighted by atomic mass is 10.0. The molecule has 1 saturated heterocycles. The first-order valence-corrected chi connectivity index (χ1v) is 11.9. The van der Waals surface area contributed by atoms with E-state index in [2.05, 4.69) is 43.3 Å². The summed E-state index contributed by atoms with van der Waals surface area (Å²) in [6, 6.07) is 2.13. The number of carbonyl (C=O) groups excluding carboxylic acids is 1. The first-order chi connectivity index (χ1) is 14.5. The highest BCUT2D eigenvalue weighted by atomic mass is 79.9. The summed E-state index contributed by atoms with van der Waals surface area (Å²) < 4.78 is 14.9. The topological polar surface area (TPSA) is 46.9 Å². The van der Waals surface area contributed by atoms with E-state index in [1.807, 2.05) is 14.0 Å². The van der Waals surface area contributed by atoms with Crippen LogP contribution >= 0.6 is 15.9 Å². The molecule has 2 aliphatic heterocycles. The summed E-state index contributed by atoms with van der Waals surface area (Å²) in [5.41, 5.74) is 4.00. The SMILES string of the molecule is CCCCn1c(CN2CCCC2)c(C(=O)OCC)c2c3c(c(Br)cc21)OCN(C)C3. The van der Waals surface area contributed by atoms with Crippen LogP contribution in [0.5, 0.6) is 5.75 Å². The number of hydrogen-bond acceptors (Lipinski definition) is 5. The summed E-state index contributed by atoms with van der Waals surface area (Å²) in [5.74, 6) is 0.635. The maximum Gasteiger partial charge on any atom is 0.340 e. The van der Waals surface area contributed by atoms with Gasteiger partial charge in [0.25, 0.3) is 0 Å². The van der Waals surface area contributed by atoms with Crippen LogP contribution in [0.3, 0.4) is 0 Å². The van der Waals surface area contributed by atoms with Crippen molar-refractivity contribution in [3.8, 4) is 5.75 Å². The van der Waals surface area contributed by atoms with Gasteiger partial charge in [-0.15, -0.1) is 0 Å². The van der Waals surface area contributed by atoms with E-state index in [0.717, 1.165) is 83.5 Å². The molecule has 6 nitrogen and oxygen atoms in total. The van der Waals surface area contributed by atoms with E-state index in [-0.39, 0.29) is 5.97 Å². The molecule has 0 unspecified atom stereocenters. The van der Waals surface area contributed by atoms with Crippen LogP contribution in [0, 0.1) is 0 Å². The zero-order valence-electron chi connectivity index (χ0n) is 18.3. The molecule has 30 heavy (non-hydrogen) atoms. The van der Waals surface area contributed by atoms with Gasteiger partial charge in [-0.2, -0.15) is 0 Å². The molecule has 0 spiro atoms. The Hall–Kier alpha value is -1.57. The van der Waals surface area contributed by atoms with E-state index >= 15 is 0 Å². The summed E-state index contributed by atoms with van der Waals surface area (Å²) in [7, 11) is 2.04. The van der Waals surface area contributed by atoms with Crippen LogP contribution in [0.25, 0.3) is 10.9 Å². The Kier molecular flexibility index (Phi) is 6.70. The lowest BCUT2D eigenvalue weighted by Crippen LogP contribution is -2.28. The van der Waals surface area contributed by atoms with Crippen LogP contribution in [0.1, 0.15) is 61.1 Å². The molecule has 0 N–H and O–H groups in total. The molecule has 2 aromatic rings. The molecule has 1 fully saturated rings. The standard InChI is InChI=1S/C23H32BrN3O3/c1-4-6-11-27-18-12-17(24)22-16(13-25(3)15-30-22)20(18)21(23(28)29-5-2)19(27)14-26-9-7-8-10-26/h12H,4-11,13-15H2,1-3H3. The molecule has 0 atom stereocenters. The Labute approximate surface area is 187 Å². The van der Waals surface area contributed by atoms with Crippen molar-refractivity contribution in [2.45, 2.75) is 59.2 Å². The van der Waals surface area contributed by atoms with E-state index in [0.29, 0.717) is 13.3 Å². The number of fused-ring (bicyclic) bond motifs is 3. The Morgan fingerprint density at radius 2 is 2.03 bits per heavy atom. The second kappa shape index (κ2) is 9.28. The van der Waals surface area contributed by atoms with Crippen LogP contribution in [0.15, 0.2) is 10.5 Å². The van der Waals surface area contributed by atoms with Gasteiger partial charge in [-0.3, -0.25) is 9.80 Å². The van der Waals surface area contributed by atoms with Gasteiger partial charge in [0.15, 0.2) is 0 Å². The van der Waals surface area contributed by atoms with Gasteiger partial charge < -0.3 is 14.0 Å². The molecule has 1 aromatic heterocycles. The zero-order chi connectivity index (χ0) is 21.3. The number of benzene rings is 1. The highest BCUT2D eigenvalue weighted by Crippen LogP contribution is 2.42. The average molecular weight is 478 g/mol. The molecule has 4 rings (SSSR count). The number of nitrogens with zero attached hydrogens (tertiary/aromatic N) is 3. The highest BCUT2D eigenvalue weighted by molar-refractivity contribution is 9.10. The average Bonchev–Trinajstić information content (AvgIpc) is 3.33. The van der Waals surface area contributed by atoms with Gasteiger partial charge in [0, 0.05) is 36.3 Å². The fraction of sp³-hybridized carbons (Fsp3) is 0.609. The highest BCUT2D eigenvalue weighted by Gasteiger charge is 2.31. The second-order valence-corrected chi connectivity index (χ2v) is 9.23. The number of hydrogen-bond donors (Lipinski definition) is 0. The quantitative estimate of drug-likeness (QED) is 0.538. The van der Waals surface area contributed by atoms with Gasteiger partial charge in [0.1, 0.15) is 12.5 Å². The van der Waals surface area contributed by atoms with Gasteiger partial charge >= 0.3 is 5.97 Å². The summed E-state index contributed by atoms with van der Waals surface area (Å²) in [4.78, 5) is 17.9. The van der Waals surface area contributed by atoms with Crippen LogP contribution in [-0.2, 0) is 24.4 Å². The lowest BCUT2D eigenvalue weighted by molar-refractivity contribution is 0.0525. The monoisotopic (exact) mass is 477 g/mol. The van der Waals surface area contributed by atoms with Crippen LogP contribution in [0.2, 0.25) is 0 Å². The van der Waals surface area contributed by atoms with Crippen LogP contribution in [0.4, 0.5) is 0 Å². The molecular weight excluding hydrogens is 446 g/mol. The number of aryl methyl sites for hydroxylation is 1. The number of likely N-dealkylation sites (tertiary alicyclic amines) is 1. The molecule has 2 aliphatic rings. The van der Waals surface area contributed by atoms with Gasteiger partial charge in [-0.05, 0) is 68.3 Å². The van der Waals surface area contributed by atoms with Crippen molar-refractivity contribution in [3.05, 3.63) is 27.4 Å². The van der Waals surface area contributed by atoms with Crippen LogP contribution in [-0.4, -0.2) is 53.8 Å². The largest absolute Gasteiger partial charge is 0.477 e. The van der Waals surface area contributed by atoms with Crippen LogP contribution < -0.4 is 4.74 Å². The first kappa shape index (κ1) is 21.7. The summed E-state index contributed by atoms with van der Waals surface area (Å²) in [5, 5.41) is 1.00. The fourth-order valence-corrected chi connectivity index (χ4v) is 5.27. The van der Waals surface area contributed by atoms with Gasteiger partial charge in [0.2, 0.25) is 0 Å².